The van der Waals surface area contributed by atoms with Crippen LogP contribution in [0.1, 0.15) is 30.9 Å². The molecule has 0 spiro atoms. The Hall–Kier alpha value is -2.82. The van der Waals surface area contributed by atoms with E-state index in [0.29, 0.717) is 32.0 Å². The minimum atomic E-state index is -0.248. The molecule has 1 aliphatic heterocycles. The summed E-state index contributed by atoms with van der Waals surface area (Å²) in [6, 6.07) is 17.6. The molecule has 5 nitrogen and oxygen atoms in total. The van der Waals surface area contributed by atoms with E-state index in [1.54, 1.807) is 7.11 Å². The first-order valence-corrected chi connectivity index (χ1v) is 10.2. The smallest absolute Gasteiger partial charge is 0.227 e. The maximum atomic E-state index is 12.9. The van der Waals surface area contributed by atoms with Gasteiger partial charge < -0.3 is 15.0 Å². The molecule has 1 aliphatic rings. The van der Waals surface area contributed by atoms with Crippen LogP contribution in [0.4, 0.5) is 0 Å². The van der Waals surface area contributed by atoms with Crippen LogP contribution < -0.4 is 10.1 Å². The lowest BCUT2D eigenvalue weighted by Gasteiger charge is -2.19. The number of amides is 2. The number of rotatable bonds is 7. The molecule has 5 heteroatoms. The summed E-state index contributed by atoms with van der Waals surface area (Å²) in [5.41, 5.74) is 2.05. The summed E-state index contributed by atoms with van der Waals surface area (Å²) >= 11 is 0. The zero-order valence-electron chi connectivity index (χ0n) is 17.4. The number of hydrogen-bond donors (Lipinski definition) is 1. The number of ether oxygens (including phenoxy) is 1. The molecule has 1 saturated heterocycles. The molecule has 2 atom stereocenters. The Bertz CT molecular complexity index is 818. The summed E-state index contributed by atoms with van der Waals surface area (Å²) in [4.78, 5) is 27.6. The third kappa shape index (κ3) is 5.37. The van der Waals surface area contributed by atoms with Gasteiger partial charge in [0.05, 0.1) is 19.4 Å². The standard InChI is InChI=1S/C24H30N2O3/c1-17(2)14-25-24(28)22-16-26(23(27)13-18-7-5-4-6-8-18)15-21(22)19-9-11-20(29-3)12-10-19/h4-12,17,21-22H,13-16H2,1-3H3,(H,25,28). The normalized spacial score (nSPS) is 18.7. The molecular weight excluding hydrogens is 364 g/mol. The average molecular weight is 395 g/mol. The van der Waals surface area contributed by atoms with Gasteiger partial charge >= 0.3 is 0 Å². The van der Waals surface area contributed by atoms with Crippen molar-refractivity contribution in [3.63, 3.8) is 0 Å². The predicted molar refractivity (Wildman–Crippen MR) is 114 cm³/mol. The van der Waals surface area contributed by atoms with Gasteiger partial charge in [0.15, 0.2) is 0 Å². The molecule has 0 saturated carbocycles. The Morgan fingerprint density at radius 1 is 1.07 bits per heavy atom. The van der Waals surface area contributed by atoms with Crippen molar-refractivity contribution in [1.29, 1.82) is 0 Å². The lowest BCUT2D eigenvalue weighted by molar-refractivity contribution is -0.130. The van der Waals surface area contributed by atoms with E-state index >= 15 is 0 Å². The largest absolute Gasteiger partial charge is 0.497 e. The van der Waals surface area contributed by atoms with E-state index in [9.17, 15) is 9.59 Å². The van der Waals surface area contributed by atoms with Crippen LogP contribution in [0.5, 0.6) is 5.75 Å². The van der Waals surface area contributed by atoms with E-state index in [-0.39, 0.29) is 23.7 Å². The second kappa shape index (κ2) is 9.59. The Morgan fingerprint density at radius 2 is 1.76 bits per heavy atom. The highest BCUT2D eigenvalue weighted by Gasteiger charge is 2.40. The molecule has 2 amide bonds. The molecule has 0 radical (unpaired) electrons. The molecule has 2 aromatic rings. The summed E-state index contributed by atoms with van der Waals surface area (Å²) in [6.07, 6.45) is 0.358. The van der Waals surface area contributed by atoms with Gasteiger partial charge in [-0.3, -0.25) is 9.59 Å². The van der Waals surface area contributed by atoms with Gasteiger partial charge in [-0.05, 0) is 29.2 Å². The fourth-order valence-electron chi connectivity index (χ4n) is 3.78. The monoisotopic (exact) mass is 394 g/mol. The molecular formula is C24H30N2O3. The van der Waals surface area contributed by atoms with Gasteiger partial charge in [-0.2, -0.15) is 0 Å². The second-order valence-corrected chi connectivity index (χ2v) is 8.09. The highest BCUT2D eigenvalue weighted by atomic mass is 16.5. The highest BCUT2D eigenvalue weighted by Crippen LogP contribution is 2.34. The van der Waals surface area contributed by atoms with Gasteiger partial charge in [0.1, 0.15) is 5.75 Å². The molecule has 1 N–H and O–H groups in total. The molecule has 2 aromatic carbocycles. The third-order valence-corrected chi connectivity index (χ3v) is 5.44. The summed E-state index contributed by atoms with van der Waals surface area (Å²) < 4.78 is 5.25. The van der Waals surface area contributed by atoms with Crippen molar-refractivity contribution in [3.8, 4) is 5.75 Å². The molecule has 29 heavy (non-hydrogen) atoms. The van der Waals surface area contributed by atoms with Gasteiger partial charge in [0.25, 0.3) is 0 Å². The Balaban J connectivity index is 1.77. The van der Waals surface area contributed by atoms with Crippen molar-refractivity contribution in [2.75, 3.05) is 26.7 Å². The third-order valence-electron chi connectivity index (χ3n) is 5.44. The van der Waals surface area contributed by atoms with Crippen LogP contribution in [0, 0.1) is 11.8 Å². The van der Waals surface area contributed by atoms with Crippen LogP contribution in [-0.4, -0.2) is 43.5 Å². The second-order valence-electron chi connectivity index (χ2n) is 8.09. The molecule has 1 heterocycles. The summed E-state index contributed by atoms with van der Waals surface area (Å²) in [5, 5.41) is 3.05. The van der Waals surface area contributed by atoms with Gasteiger partial charge in [-0.25, -0.2) is 0 Å². The Morgan fingerprint density at radius 3 is 2.38 bits per heavy atom. The number of nitrogens with one attached hydrogen (secondary N) is 1. The minimum Gasteiger partial charge on any atom is -0.497 e. The lowest BCUT2D eigenvalue weighted by Crippen LogP contribution is -2.37. The first-order valence-electron chi connectivity index (χ1n) is 10.2. The van der Waals surface area contributed by atoms with E-state index in [1.165, 1.54) is 0 Å². The number of carbonyl (C=O) groups excluding carboxylic acids is 2. The van der Waals surface area contributed by atoms with Crippen LogP contribution in [-0.2, 0) is 16.0 Å². The van der Waals surface area contributed by atoms with Crippen molar-refractivity contribution in [3.05, 3.63) is 65.7 Å². The predicted octanol–water partition coefficient (Wildman–Crippen LogP) is 3.25. The summed E-state index contributed by atoms with van der Waals surface area (Å²) in [6.45, 7) is 5.80. The SMILES string of the molecule is COc1ccc(C2CN(C(=O)Cc3ccccc3)CC2C(=O)NCC(C)C)cc1. The zero-order valence-corrected chi connectivity index (χ0v) is 17.4. The van der Waals surface area contributed by atoms with E-state index in [0.717, 1.165) is 16.9 Å². The summed E-state index contributed by atoms with van der Waals surface area (Å²) in [7, 11) is 1.64. The maximum Gasteiger partial charge on any atom is 0.227 e. The van der Waals surface area contributed by atoms with E-state index in [2.05, 4.69) is 19.2 Å². The van der Waals surface area contributed by atoms with Crippen molar-refractivity contribution < 1.29 is 14.3 Å². The molecule has 3 rings (SSSR count). The molecule has 0 bridgehead atoms. The Labute approximate surface area is 173 Å². The van der Waals surface area contributed by atoms with Gasteiger partial charge in [0.2, 0.25) is 11.8 Å². The number of nitrogens with zero attached hydrogens (tertiary/aromatic N) is 1. The first kappa shape index (κ1) is 20.9. The Kier molecular flexibility index (Phi) is 6.91. The van der Waals surface area contributed by atoms with Crippen LogP contribution in [0.3, 0.4) is 0 Å². The van der Waals surface area contributed by atoms with Crippen LogP contribution in [0.2, 0.25) is 0 Å². The van der Waals surface area contributed by atoms with Gasteiger partial charge in [-0.15, -0.1) is 0 Å². The highest BCUT2D eigenvalue weighted by molar-refractivity contribution is 5.84. The number of benzene rings is 2. The maximum absolute atomic E-state index is 12.9. The van der Waals surface area contributed by atoms with Crippen molar-refractivity contribution in [1.82, 2.24) is 10.2 Å². The average Bonchev–Trinajstić information content (AvgIpc) is 3.18. The number of carbonyl (C=O) groups is 2. The van der Waals surface area contributed by atoms with E-state index < -0.39 is 0 Å². The fourth-order valence-corrected chi connectivity index (χ4v) is 3.78. The fraction of sp³-hybridized carbons (Fsp3) is 0.417. The zero-order chi connectivity index (χ0) is 20.8. The quantitative estimate of drug-likeness (QED) is 0.784. The molecule has 0 aliphatic carbocycles. The first-order chi connectivity index (χ1) is 14.0. The van der Waals surface area contributed by atoms with Gasteiger partial charge in [0, 0.05) is 25.6 Å². The minimum absolute atomic E-state index is 0.0206. The number of likely N-dealkylation sites (tertiary alicyclic amines) is 1. The van der Waals surface area contributed by atoms with Crippen molar-refractivity contribution >= 4 is 11.8 Å². The number of hydrogen-bond acceptors (Lipinski definition) is 3. The van der Waals surface area contributed by atoms with Crippen LogP contribution in [0.15, 0.2) is 54.6 Å². The molecule has 0 aromatic heterocycles. The van der Waals surface area contributed by atoms with Crippen molar-refractivity contribution in [2.45, 2.75) is 26.2 Å². The topological polar surface area (TPSA) is 58.6 Å². The van der Waals surface area contributed by atoms with Gasteiger partial charge in [-0.1, -0.05) is 56.3 Å². The van der Waals surface area contributed by atoms with Crippen molar-refractivity contribution in [2.24, 2.45) is 11.8 Å². The van der Waals surface area contributed by atoms with E-state index in [1.807, 2.05) is 59.5 Å². The molecule has 154 valence electrons. The summed E-state index contributed by atoms with van der Waals surface area (Å²) in [5.74, 6) is 0.984. The number of methoxy groups -OCH3 is 1. The molecule has 1 fully saturated rings. The molecule has 2 unspecified atom stereocenters. The lowest BCUT2D eigenvalue weighted by atomic mass is 9.88. The van der Waals surface area contributed by atoms with Crippen LogP contribution in [0.25, 0.3) is 0 Å². The van der Waals surface area contributed by atoms with Crippen LogP contribution >= 0.6 is 0 Å². The van der Waals surface area contributed by atoms with E-state index in [4.69, 9.17) is 4.74 Å².